The Kier molecular flexibility index (Phi) is 6.23. The number of benzene rings is 2. The molecule has 6 nitrogen and oxygen atoms in total. The zero-order chi connectivity index (χ0) is 21.8. The molecule has 1 heterocycles. The van der Waals surface area contributed by atoms with Gasteiger partial charge in [-0.3, -0.25) is 4.79 Å². The number of aliphatic imine (C=N–C) groups is 1. The summed E-state index contributed by atoms with van der Waals surface area (Å²) >= 11 is 0. The third kappa shape index (κ3) is 4.42. The van der Waals surface area contributed by atoms with Crippen molar-refractivity contribution < 1.29 is 14.3 Å². The van der Waals surface area contributed by atoms with Crippen LogP contribution in [0.3, 0.4) is 0 Å². The molecule has 1 amide bonds. The highest BCUT2D eigenvalue weighted by atomic mass is 19.1. The number of carbonyl (C=O) groups excluding carboxylic acids is 1. The van der Waals surface area contributed by atoms with Gasteiger partial charge in [-0.2, -0.15) is 0 Å². The zero-order valence-electron chi connectivity index (χ0n) is 17.6. The van der Waals surface area contributed by atoms with Crippen LogP contribution in [0.15, 0.2) is 59.6 Å². The molecular weight excluding hydrogens is 395 g/mol. The van der Waals surface area contributed by atoms with Crippen molar-refractivity contribution in [2.75, 3.05) is 26.2 Å². The van der Waals surface area contributed by atoms with Crippen LogP contribution in [0.25, 0.3) is 0 Å². The second kappa shape index (κ2) is 9.06. The number of halogens is 1. The number of piperazine rings is 1. The van der Waals surface area contributed by atoms with E-state index in [-0.39, 0.29) is 17.6 Å². The standard InChI is InChI=1S/C24H29FN4O2/c25-20-11-6-12-21(17-20)27-23(26)29-15-13-28(14-16-29)22(30)24(31,19-9-4-5-10-19)18-7-2-1-3-8-18/h1-3,6-8,11-12,17,19,31H,4-5,9-10,13-16H2,(H2,26,27)/t24-/m0/s1. The zero-order valence-corrected chi connectivity index (χ0v) is 17.6. The van der Waals surface area contributed by atoms with Gasteiger partial charge in [-0.05, 0) is 36.6 Å². The fraction of sp³-hybridized carbons (Fsp3) is 0.417. The summed E-state index contributed by atoms with van der Waals surface area (Å²) in [5.41, 5.74) is 5.75. The molecule has 31 heavy (non-hydrogen) atoms. The molecular formula is C24H29FN4O2. The van der Waals surface area contributed by atoms with Gasteiger partial charge in [-0.1, -0.05) is 49.2 Å². The van der Waals surface area contributed by atoms with Crippen LogP contribution < -0.4 is 5.73 Å². The molecule has 0 aromatic heterocycles. The van der Waals surface area contributed by atoms with Crippen LogP contribution in [0.1, 0.15) is 31.2 Å². The second-order valence-corrected chi connectivity index (χ2v) is 8.34. The van der Waals surface area contributed by atoms with Crippen LogP contribution in [0.4, 0.5) is 10.1 Å². The number of guanidine groups is 1. The molecule has 164 valence electrons. The van der Waals surface area contributed by atoms with E-state index in [9.17, 15) is 14.3 Å². The summed E-state index contributed by atoms with van der Waals surface area (Å²) in [6, 6.07) is 15.3. The minimum Gasteiger partial charge on any atom is -0.375 e. The van der Waals surface area contributed by atoms with E-state index >= 15 is 0 Å². The smallest absolute Gasteiger partial charge is 0.259 e. The molecule has 7 heteroatoms. The van der Waals surface area contributed by atoms with Crippen LogP contribution in [-0.2, 0) is 10.4 Å². The number of aliphatic hydroxyl groups is 1. The normalized spacial score (nSPS) is 20.0. The first kappa shape index (κ1) is 21.3. The van der Waals surface area contributed by atoms with Gasteiger partial charge in [0.2, 0.25) is 0 Å². The number of nitrogens with two attached hydrogens (primary N) is 1. The van der Waals surface area contributed by atoms with Crippen LogP contribution in [0.2, 0.25) is 0 Å². The maximum atomic E-state index is 13.6. The van der Waals surface area contributed by atoms with Crippen molar-refractivity contribution in [3.8, 4) is 0 Å². The van der Waals surface area contributed by atoms with Gasteiger partial charge in [0.05, 0.1) is 5.69 Å². The summed E-state index contributed by atoms with van der Waals surface area (Å²) in [6.07, 6.45) is 3.77. The molecule has 1 saturated carbocycles. The molecule has 2 aromatic rings. The largest absolute Gasteiger partial charge is 0.375 e. The lowest BCUT2D eigenvalue weighted by atomic mass is 9.79. The number of nitrogens with zero attached hydrogens (tertiary/aromatic N) is 3. The van der Waals surface area contributed by atoms with E-state index in [0.717, 1.165) is 25.7 Å². The van der Waals surface area contributed by atoms with Crippen molar-refractivity contribution >= 4 is 17.6 Å². The molecule has 2 aromatic carbocycles. The fourth-order valence-electron chi connectivity index (χ4n) is 4.70. The van der Waals surface area contributed by atoms with Crippen LogP contribution in [0.5, 0.6) is 0 Å². The average molecular weight is 425 g/mol. The lowest BCUT2D eigenvalue weighted by Gasteiger charge is -2.41. The van der Waals surface area contributed by atoms with Gasteiger partial charge in [0, 0.05) is 32.1 Å². The summed E-state index contributed by atoms with van der Waals surface area (Å²) in [5, 5.41) is 11.7. The Morgan fingerprint density at radius 2 is 1.65 bits per heavy atom. The Balaban J connectivity index is 1.47. The van der Waals surface area contributed by atoms with Crippen molar-refractivity contribution in [1.29, 1.82) is 0 Å². The average Bonchev–Trinajstić information content (AvgIpc) is 3.34. The third-order valence-corrected chi connectivity index (χ3v) is 6.43. The first-order valence-corrected chi connectivity index (χ1v) is 10.9. The Hall–Kier alpha value is -2.93. The maximum Gasteiger partial charge on any atom is 0.259 e. The molecule has 2 fully saturated rings. The molecule has 1 aliphatic heterocycles. The van der Waals surface area contributed by atoms with Gasteiger partial charge in [0.1, 0.15) is 5.82 Å². The van der Waals surface area contributed by atoms with E-state index in [4.69, 9.17) is 5.73 Å². The molecule has 0 radical (unpaired) electrons. The van der Waals surface area contributed by atoms with Crippen LogP contribution >= 0.6 is 0 Å². The number of rotatable bonds is 4. The number of hydrogen-bond donors (Lipinski definition) is 2. The Morgan fingerprint density at radius 1 is 1.00 bits per heavy atom. The van der Waals surface area contributed by atoms with E-state index < -0.39 is 5.60 Å². The molecule has 1 saturated heterocycles. The van der Waals surface area contributed by atoms with E-state index in [0.29, 0.717) is 43.4 Å². The Morgan fingerprint density at radius 3 is 2.29 bits per heavy atom. The molecule has 4 rings (SSSR count). The topological polar surface area (TPSA) is 82.2 Å². The van der Waals surface area contributed by atoms with Crippen molar-refractivity contribution in [3.05, 3.63) is 66.0 Å². The summed E-state index contributed by atoms with van der Waals surface area (Å²) in [5.74, 6) is -0.366. The first-order chi connectivity index (χ1) is 15.0. The van der Waals surface area contributed by atoms with Crippen molar-refractivity contribution in [2.24, 2.45) is 16.6 Å². The molecule has 3 N–H and O–H groups in total. The molecule has 0 bridgehead atoms. The Labute approximate surface area is 182 Å². The van der Waals surface area contributed by atoms with Crippen molar-refractivity contribution in [2.45, 2.75) is 31.3 Å². The van der Waals surface area contributed by atoms with E-state index in [2.05, 4.69) is 4.99 Å². The molecule has 1 aliphatic carbocycles. The summed E-state index contributed by atoms with van der Waals surface area (Å²) in [6.45, 7) is 1.90. The molecule has 0 unspecified atom stereocenters. The molecule has 1 atom stereocenters. The minimum atomic E-state index is -1.50. The highest BCUT2D eigenvalue weighted by Gasteiger charge is 2.48. The third-order valence-electron chi connectivity index (χ3n) is 6.43. The predicted molar refractivity (Wildman–Crippen MR) is 118 cm³/mol. The lowest BCUT2D eigenvalue weighted by Crippen LogP contribution is -2.58. The quantitative estimate of drug-likeness (QED) is 0.584. The van der Waals surface area contributed by atoms with E-state index in [1.54, 1.807) is 17.0 Å². The van der Waals surface area contributed by atoms with Gasteiger partial charge < -0.3 is 20.6 Å². The van der Waals surface area contributed by atoms with Crippen LogP contribution in [-0.4, -0.2) is 53.0 Å². The number of amides is 1. The molecule has 0 spiro atoms. The predicted octanol–water partition coefficient (Wildman–Crippen LogP) is 2.99. The minimum absolute atomic E-state index is 0.0694. The van der Waals surface area contributed by atoms with Gasteiger partial charge in [0.15, 0.2) is 11.6 Å². The Bertz CT molecular complexity index is 938. The van der Waals surface area contributed by atoms with E-state index in [1.807, 2.05) is 35.2 Å². The highest BCUT2D eigenvalue weighted by Crippen LogP contribution is 2.42. The highest BCUT2D eigenvalue weighted by molar-refractivity contribution is 5.87. The summed E-state index contributed by atoms with van der Waals surface area (Å²) < 4.78 is 13.4. The van der Waals surface area contributed by atoms with Gasteiger partial charge in [-0.15, -0.1) is 0 Å². The van der Waals surface area contributed by atoms with Crippen molar-refractivity contribution in [1.82, 2.24) is 9.80 Å². The monoisotopic (exact) mass is 424 g/mol. The summed E-state index contributed by atoms with van der Waals surface area (Å²) in [7, 11) is 0. The van der Waals surface area contributed by atoms with Crippen molar-refractivity contribution in [3.63, 3.8) is 0 Å². The number of carbonyl (C=O) groups is 1. The lowest BCUT2D eigenvalue weighted by molar-refractivity contribution is -0.160. The SMILES string of the molecule is NC(=Nc1cccc(F)c1)N1CCN(C(=O)[C@](O)(c2ccccc2)C2CCCC2)CC1. The van der Waals surface area contributed by atoms with E-state index in [1.165, 1.54) is 12.1 Å². The summed E-state index contributed by atoms with van der Waals surface area (Å²) in [4.78, 5) is 21.5. The fourth-order valence-corrected chi connectivity index (χ4v) is 4.70. The number of hydrogen-bond acceptors (Lipinski definition) is 3. The van der Waals surface area contributed by atoms with Gasteiger partial charge in [0.25, 0.3) is 5.91 Å². The first-order valence-electron chi connectivity index (χ1n) is 10.9. The van der Waals surface area contributed by atoms with Gasteiger partial charge in [-0.25, -0.2) is 9.38 Å². The van der Waals surface area contributed by atoms with Crippen LogP contribution in [0, 0.1) is 11.7 Å². The molecule has 2 aliphatic rings. The van der Waals surface area contributed by atoms with Gasteiger partial charge >= 0.3 is 0 Å². The maximum absolute atomic E-state index is 13.6. The second-order valence-electron chi connectivity index (χ2n) is 8.34.